The van der Waals surface area contributed by atoms with E-state index in [1.807, 2.05) is 0 Å². The van der Waals surface area contributed by atoms with Crippen LogP contribution in [0.15, 0.2) is 18.2 Å². The van der Waals surface area contributed by atoms with E-state index in [1.165, 1.54) is 0 Å². The maximum atomic E-state index is 13.0. The molecule has 2 nitrogen and oxygen atoms in total. The minimum absolute atomic E-state index is 0.0159. The highest BCUT2D eigenvalue weighted by atomic mass is 35.5. The van der Waals surface area contributed by atoms with Gasteiger partial charge in [0.25, 0.3) is 0 Å². The largest absolute Gasteiger partial charge is 0.393 e. The molecule has 1 aromatic rings. The molecule has 0 aliphatic heterocycles. The second kappa shape index (κ2) is 7.09. The first kappa shape index (κ1) is 17.4. The van der Waals surface area contributed by atoms with Gasteiger partial charge in [-0.15, -0.1) is 0 Å². The Morgan fingerprint density at radius 3 is 2.50 bits per heavy atom. The molecule has 0 radical (unpaired) electrons. The van der Waals surface area contributed by atoms with Crippen LogP contribution in [0, 0.1) is 5.92 Å². The summed E-state index contributed by atoms with van der Waals surface area (Å²) in [6.07, 6.45) is -2.62. The summed E-state index contributed by atoms with van der Waals surface area (Å²) in [5.74, 6) is -1.89. The number of hydrogen-bond acceptors (Lipinski definition) is 1. The Hall–Kier alpha value is -0.940. The zero-order valence-electron chi connectivity index (χ0n) is 11.7. The molecule has 1 aliphatic rings. The van der Waals surface area contributed by atoms with Crippen LogP contribution in [0.3, 0.4) is 0 Å². The van der Waals surface area contributed by atoms with Gasteiger partial charge in [0.2, 0.25) is 5.91 Å². The van der Waals surface area contributed by atoms with Crippen molar-refractivity contribution in [2.24, 2.45) is 5.92 Å². The monoisotopic (exact) mass is 353 g/mol. The van der Waals surface area contributed by atoms with Crippen molar-refractivity contribution in [3.8, 4) is 0 Å². The molecule has 2 rings (SSSR count). The highest BCUT2D eigenvalue weighted by Crippen LogP contribution is 2.37. The van der Waals surface area contributed by atoms with Gasteiger partial charge in [0, 0.05) is 6.04 Å². The molecule has 0 aromatic heterocycles. The van der Waals surface area contributed by atoms with Crippen molar-refractivity contribution in [2.45, 2.75) is 44.3 Å². The standard InChI is InChI=1S/C15H16Cl2F3NO/c16-11-6-5-9(7-12(11)17)8-14(22)21-13-4-2-1-3-10(13)15(18,19)20/h5-7,10,13H,1-4,8H2,(H,21,22). The summed E-state index contributed by atoms with van der Waals surface area (Å²) < 4.78 is 38.9. The minimum Gasteiger partial charge on any atom is -0.352 e. The van der Waals surface area contributed by atoms with Gasteiger partial charge >= 0.3 is 6.18 Å². The average Bonchev–Trinajstić information content (AvgIpc) is 2.42. The van der Waals surface area contributed by atoms with E-state index in [0.29, 0.717) is 34.9 Å². The van der Waals surface area contributed by atoms with Crippen LogP contribution >= 0.6 is 23.2 Å². The first-order chi connectivity index (χ1) is 10.3. The molecule has 0 spiro atoms. The van der Waals surface area contributed by atoms with Crippen molar-refractivity contribution in [1.82, 2.24) is 5.32 Å². The van der Waals surface area contributed by atoms with E-state index >= 15 is 0 Å². The predicted molar refractivity (Wildman–Crippen MR) is 80.1 cm³/mol. The molecule has 22 heavy (non-hydrogen) atoms. The maximum absolute atomic E-state index is 13.0. The molecule has 2 atom stereocenters. The number of amides is 1. The molecule has 1 amide bonds. The van der Waals surface area contributed by atoms with Crippen LogP contribution in [0.2, 0.25) is 10.0 Å². The van der Waals surface area contributed by atoms with E-state index in [0.717, 1.165) is 0 Å². The fraction of sp³-hybridized carbons (Fsp3) is 0.533. The second-order valence-electron chi connectivity index (χ2n) is 5.53. The third kappa shape index (κ3) is 4.53. The normalized spacial score (nSPS) is 22.4. The van der Waals surface area contributed by atoms with Crippen molar-refractivity contribution < 1.29 is 18.0 Å². The van der Waals surface area contributed by atoms with Gasteiger partial charge in [0.15, 0.2) is 0 Å². The lowest BCUT2D eigenvalue weighted by Crippen LogP contribution is -2.48. The topological polar surface area (TPSA) is 29.1 Å². The Morgan fingerprint density at radius 1 is 1.18 bits per heavy atom. The van der Waals surface area contributed by atoms with E-state index in [9.17, 15) is 18.0 Å². The van der Waals surface area contributed by atoms with Gasteiger partial charge in [0.05, 0.1) is 22.4 Å². The summed E-state index contributed by atoms with van der Waals surface area (Å²) in [6, 6.07) is 3.90. The van der Waals surface area contributed by atoms with Crippen molar-refractivity contribution in [2.75, 3.05) is 0 Å². The number of nitrogens with one attached hydrogen (secondary N) is 1. The molecule has 1 fully saturated rings. The maximum Gasteiger partial charge on any atom is 0.393 e. The van der Waals surface area contributed by atoms with E-state index in [2.05, 4.69) is 5.32 Å². The number of carbonyl (C=O) groups excluding carboxylic acids is 1. The number of halogens is 5. The Bertz CT molecular complexity index is 548. The smallest absolute Gasteiger partial charge is 0.352 e. The van der Waals surface area contributed by atoms with Crippen LogP contribution in [0.25, 0.3) is 0 Å². The van der Waals surface area contributed by atoms with Crippen molar-refractivity contribution >= 4 is 29.1 Å². The average molecular weight is 354 g/mol. The molecule has 0 heterocycles. The molecule has 2 unspecified atom stereocenters. The van der Waals surface area contributed by atoms with E-state index < -0.39 is 24.0 Å². The Morgan fingerprint density at radius 2 is 1.86 bits per heavy atom. The van der Waals surface area contributed by atoms with Gasteiger partial charge in [-0.1, -0.05) is 42.1 Å². The summed E-state index contributed by atoms with van der Waals surface area (Å²) in [7, 11) is 0. The third-order valence-corrected chi connectivity index (χ3v) is 4.62. The first-order valence-corrected chi connectivity index (χ1v) is 7.83. The third-order valence-electron chi connectivity index (χ3n) is 3.88. The molecule has 1 saturated carbocycles. The van der Waals surface area contributed by atoms with E-state index in [1.54, 1.807) is 18.2 Å². The van der Waals surface area contributed by atoms with Gasteiger partial charge < -0.3 is 5.32 Å². The van der Waals surface area contributed by atoms with Gasteiger partial charge in [0.1, 0.15) is 0 Å². The molecule has 7 heteroatoms. The van der Waals surface area contributed by atoms with Crippen LogP contribution in [0.4, 0.5) is 13.2 Å². The quantitative estimate of drug-likeness (QED) is 0.832. The Kier molecular flexibility index (Phi) is 5.61. The van der Waals surface area contributed by atoms with Crippen LogP contribution in [-0.2, 0) is 11.2 Å². The molecule has 122 valence electrons. The van der Waals surface area contributed by atoms with Crippen LogP contribution in [0.5, 0.6) is 0 Å². The second-order valence-corrected chi connectivity index (χ2v) is 6.35. The van der Waals surface area contributed by atoms with Gasteiger partial charge in [-0.3, -0.25) is 4.79 Å². The van der Waals surface area contributed by atoms with Gasteiger partial charge in [-0.25, -0.2) is 0 Å². The van der Waals surface area contributed by atoms with Crippen molar-refractivity contribution in [1.29, 1.82) is 0 Å². The highest BCUT2D eigenvalue weighted by molar-refractivity contribution is 6.42. The van der Waals surface area contributed by atoms with Crippen LogP contribution in [0.1, 0.15) is 31.2 Å². The zero-order chi connectivity index (χ0) is 16.3. The predicted octanol–water partition coefficient (Wildman–Crippen LogP) is 4.77. The van der Waals surface area contributed by atoms with Crippen molar-refractivity contribution in [3.05, 3.63) is 33.8 Å². The summed E-state index contributed by atoms with van der Waals surface area (Å²) >= 11 is 11.6. The van der Waals surface area contributed by atoms with Crippen molar-refractivity contribution in [3.63, 3.8) is 0 Å². The molecule has 0 saturated heterocycles. The zero-order valence-corrected chi connectivity index (χ0v) is 13.2. The van der Waals surface area contributed by atoms with Crippen LogP contribution in [-0.4, -0.2) is 18.1 Å². The highest BCUT2D eigenvalue weighted by Gasteiger charge is 2.45. The van der Waals surface area contributed by atoms with Gasteiger partial charge in [-0.2, -0.15) is 13.2 Å². The molecule has 1 aromatic carbocycles. The number of alkyl halides is 3. The number of rotatable bonds is 3. The summed E-state index contributed by atoms with van der Waals surface area (Å²) in [5.41, 5.74) is 0.617. The number of benzene rings is 1. The Balaban J connectivity index is 1.99. The first-order valence-electron chi connectivity index (χ1n) is 7.07. The molecule has 1 aliphatic carbocycles. The lowest BCUT2D eigenvalue weighted by atomic mass is 9.84. The van der Waals surface area contributed by atoms with E-state index in [4.69, 9.17) is 23.2 Å². The van der Waals surface area contributed by atoms with E-state index in [-0.39, 0.29) is 12.8 Å². The Labute approximate surface area is 137 Å². The summed E-state index contributed by atoms with van der Waals surface area (Å²) in [5, 5.41) is 3.21. The molecule has 1 N–H and O–H groups in total. The molecular formula is C15H16Cl2F3NO. The SMILES string of the molecule is O=C(Cc1ccc(Cl)c(Cl)c1)NC1CCCCC1C(F)(F)F. The minimum atomic E-state index is -4.28. The van der Waals surface area contributed by atoms with Gasteiger partial charge in [-0.05, 0) is 30.5 Å². The fourth-order valence-corrected chi connectivity index (χ4v) is 3.11. The lowest BCUT2D eigenvalue weighted by molar-refractivity contribution is -0.189. The number of carbonyl (C=O) groups is 1. The summed E-state index contributed by atoms with van der Waals surface area (Å²) in [6.45, 7) is 0. The van der Waals surface area contributed by atoms with Crippen LogP contribution < -0.4 is 5.32 Å². The lowest BCUT2D eigenvalue weighted by Gasteiger charge is -2.33. The summed E-state index contributed by atoms with van der Waals surface area (Å²) in [4.78, 5) is 12.0. The molecular weight excluding hydrogens is 338 g/mol. The molecule has 0 bridgehead atoms. The number of hydrogen-bond donors (Lipinski definition) is 1. The fourth-order valence-electron chi connectivity index (χ4n) is 2.79.